The van der Waals surface area contributed by atoms with E-state index in [0.29, 0.717) is 19.0 Å². The summed E-state index contributed by atoms with van der Waals surface area (Å²) in [7, 11) is 0. The fraction of sp³-hybridized carbons (Fsp3) is 0.550. The summed E-state index contributed by atoms with van der Waals surface area (Å²) in [5.41, 5.74) is 0. The number of aliphatic carboxylic acids is 1. The van der Waals surface area contributed by atoms with E-state index in [1.165, 1.54) is 44.6 Å². The van der Waals surface area contributed by atoms with Crippen molar-refractivity contribution in [2.75, 3.05) is 13.2 Å². The number of benzene rings is 1. The van der Waals surface area contributed by atoms with Crippen LogP contribution in [0, 0.1) is 0 Å². The van der Waals surface area contributed by atoms with Crippen molar-refractivity contribution in [3.8, 4) is 5.75 Å². The molecule has 1 rings (SSSR count). The van der Waals surface area contributed by atoms with E-state index < -0.39 is 12.1 Å². The van der Waals surface area contributed by atoms with Crippen molar-refractivity contribution in [3.63, 3.8) is 0 Å². The fourth-order valence-corrected chi connectivity index (χ4v) is 2.35. The summed E-state index contributed by atoms with van der Waals surface area (Å²) in [5, 5.41) is 8.78. The monoisotopic (exact) mass is 334 g/mol. The number of carboxylic acid groups (broad SMARTS) is 1. The van der Waals surface area contributed by atoms with Crippen molar-refractivity contribution >= 4 is 5.97 Å². The van der Waals surface area contributed by atoms with Crippen LogP contribution in [-0.4, -0.2) is 30.4 Å². The Morgan fingerprint density at radius 3 is 2.42 bits per heavy atom. The first-order valence-electron chi connectivity index (χ1n) is 8.93. The highest BCUT2D eigenvalue weighted by molar-refractivity contribution is 5.79. The summed E-state index contributed by atoms with van der Waals surface area (Å²) >= 11 is 0. The molecule has 0 aliphatic carbocycles. The van der Waals surface area contributed by atoms with Gasteiger partial charge in [-0.15, -0.1) is 0 Å². The van der Waals surface area contributed by atoms with Crippen LogP contribution in [0.4, 0.5) is 0 Å². The van der Waals surface area contributed by atoms with Gasteiger partial charge in [-0.05, 0) is 24.6 Å². The Labute approximate surface area is 145 Å². The average Bonchev–Trinajstić information content (AvgIpc) is 2.58. The first-order valence-corrected chi connectivity index (χ1v) is 8.93. The molecule has 0 saturated heterocycles. The maximum atomic E-state index is 10.7. The highest BCUT2D eigenvalue weighted by Gasteiger charge is 2.08. The number of para-hydroxylation sites is 1. The Balaban J connectivity index is 2.23. The van der Waals surface area contributed by atoms with Crippen LogP contribution in [0.2, 0.25) is 0 Å². The summed E-state index contributed by atoms with van der Waals surface area (Å²) in [5.74, 6) is -0.277. The predicted octanol–water partition coefficient (Wildman–Crippen LogP) is 4.84. The van der Waals surface area contributed by atoms with Crippen LogP contribution in [-0.2, 0) is 9.53 Å². The number of carbonyl (C=O) groups is 1. The molecule has 0 amide bonds. The largest absolute Gasteiger partial charge is 0.484 e. The van der Waals surface area contributed by atoms with E-state index in [4.69, 9.17) is 14.6 Å². The van der Waals surface area contributed by atoms with Gasteiger partial charge < -0.3 is 14.6 Å². The maximum absolute atomic E-state index is 10.7. The van der Waals surface area contributed by atoms with E-state index in [1.54, 1.807) is 0 Å². The first-order chi connectivity index (χ1) is 11.7. The molecule has 1 aromatic rings. The predicted molar refractivity (Wildman–Crippen MR) is 96.4 cm³/mol. The number of ether oxygens (including phenoxy) is 2. The third-order valence-electron chi connectivity index (χ3n) is 3.66. The molecule has 0 radical (unpaired) electrons. The average molecular weight is 334 g/mol. The minimum atomic E-state index is -0.983. The number of hydrogen-bond donors (Lipinski definition) is 1. The molecular weight excluding hydrogens is 304 g/mol. The van der Waals surface area contributed by atoms with Crippen LogP contribution < -0.4 is 4.74 Å². The standard InChI is InChI=1S/C20H30O4/c1-2-3-4-5-6-7-11-16-23-17-19(14-15-20(21)22)24-18-12-9-8-10-13-18/h8-10,12-15,19H,2-7,11,16-17H2,1H3,(H,21,22). The van der Waals surface area contributed by atoms with Gasteiger partial charge in [0.25, 0.3) is 0 Å². The van der Waals surface area contributed by atoms with Crippen LogP contribution in [0.15, 0.2) is 42.5 Å². The Bertz CT molecular complexity index is 456. The van der Waals surface area contributed by atoms with E-state index in [9.17, 15) is 4.79 Å². The summed E-state index contributed by atoms with van der Waals surface area (Å²) in [4.78, 5) is 10.7. The lowest BCUT2D eigenvalue weighted by Crippen LogP contribution is -2.21. The molecule has 1 atom stereocenters. The first kappa shape index (κ1) is 20.2. The van der Waals surface area contributed by atoms with Gasteiger partial charge in [0.15, 0.2) is 0 Å². The lowest BCUT2D eigenvalue weighted by atomic mass is 10.1. The van der Waals surface area contributed by atoms with Gasteiger partial charge >= 0.3 is 5.97 Å². The van der Waals surface area contributed by atoms with Crippen LogP contribution in [0.1, 0.15) is 51.9 Å². The zero-order chi connectivity index (χ0) is 17.5. The molecule has 0 aliphatic rings. The van der Waals surface area contributed by atoms with E-state index in [-0.39, 0.29) is 0 Å². The van der Waals surface area contributed by atoms with Gasteiger partial charge in [0.05, 0.1) is 6.61 Å². The highest BCUT2D eigenvalue weighted by Crippen LogP contribution is 2.12. The van der Waals surface area contributed by atoms with Crippen molar-refractivity contribution in [2.24, 2.45) is 0 Å². The van der Waals surface area contributed by atoms with Crippen molar-refractivity contribution in [2.45, 2.75) is 58.0 Å². The third-order valence-corrected chi connectivity index (χ3v) is 3.66. The van der Waals surface area contributed by atoms with E-state index in [1.807, 2.05) is 30.3 Å². The molecule has 0 fully saturated rings. The zero-order valence-corrected chi connectivity index (χ0v) is 14.7. The molecule has 1 aromatic carbocycles. The van der Waals surface area contributed by atoms with E-state index in [2.05, 4.69) is 6.92 Å². The minimum absolute atomic E-state index is 0.356. The van der Waals surface area contributed by atoms with Gasteiger partial charge in [-0.3, -0.25) is 0 Å². The topological polar surface area (TPSA) is 55.8 Å². The molecule has 4 heteroatoms. The zero-order valence-electron chi connectivity index (χ0n) is 14.7. The lowest BCUT2D eigenvalue weighted by Gasteiger charge is -2.16. The van der Waals surface area contributed by atoms with E-state index >= 15 is 0 Å². The molecule has 1 unspecified atom stereocenters. The molecule has 0 saturated carbocycles. The van der Waals surface area contributed by atoms with Crippen LogP contribution >= 0.6 is 0 Å². The summed E-state index contributed by atoms with van der Waals surface area (Å²) in [6.07, 6.45) is 10.9. The van der Waals surface area contributed by atoms with Gasteiger partial charge in [0.1, 0.15) is 11.9 Å². The summed E-state index contributed by atoms with van der Waals surface area (Å²) < 4.78 is 11.4. The molecule has 4 nitrogen and oxygen atoms in total. The molecular formula is C20H30O4. The van der Waals surface area contributed by atoms with Gasteiger partial charge in [0.2, 0.25) is 0 Å². The van der Waals surface area contributed by atoms with Crippen LogP contribution in [0.25, 0.3) is 0 Å². The second-order valence-electron chi connectivity index (χ2n) is 5.86. The van der Waals surface area contributed by atoms with Gasteiger partial charge in [-0.2, -0.15) is 0 Å². The molecule has 0 aromatic heterocycles. The molecule has 0 spiro atoms. The van der Waals surface area contributed by atoms with Crippen molar-refractivity contribution in [3.05, 3.63) is 42.5 Å². The molecule has 24 heavy (non-hydrogen) atoms. The summed E-state index contributed by atoms with van der Waals surface area (Å²) in [6.45, 7) is 3.26. The number of hydrogen-bond acceptors (Lipinski definition) is 3. The number of carboxylic acids is 1. The second-order valence-corrected chi connectivity index (χ2v) is 5.86. The van der Waals surface area contributed by atoms with Crippen molar-refractivity contribution in [1.29, 1.82) is 0 Å². The Morgan fingerprint density at radius 2 is 1.75 bits per heavy atom. The van der Waals surface area contributed by atoms with Crippen LogP contribution in [0.3, 0.4) is 0 Å². The number of unbranched alkanes of at least 4 members (excludes halogenated alkanes) is 6. The lowest BCUT2D eigenvalue weighted by molar-refractivity contribution is -0.131. The molecule has 134 valence electrons. The molecule has 1 N–H and O–H groups in total. The quantitative estimate of drug-likeness (QED) is 0.390. The smallest absolute Gasteiger partial charge is 0.328 e. The van der Waals surface area contributed by atoms with Crippen molar-refractivity contribution < 1.29 is 19.4 Å². The Morgan fingerprint density at radius 1 is 1.08 bits per heavy atom. The second kappa shape index (κ2) is 13.6. The molecule has 0 heterocycles. The van der Waals surface area contributed by atoms with Crippen molar-refractivity contribution in [1.82, 2.24) is 0 Å². The third kappa shape index (κ3) is 10.8. The Kier molecular flexibility index (Phi) is 11.5. The minimum Gasteiger partial charge on any atom is -0.484 e. The normalized spacial score (nSPS) is 12.4. The highest BCUT2D eigenvalue weighted by atomic mass is 16.5. The SMILES string of the molecule is CCCCCCCCCOCC(C=CC(=O)O)Oc1ccccc1. The van der Waals surface area contributed by atoms with Crippen LogP contribution in [0.5, 0.6) is 5.75 Å². The van der Waals surface area contributed by atoms with Gasteiger partial charge in [-0.25, -0.2) is 4.79 Å². The van der Waals surface area contributed by atoms with Gasteiger partial charge in [0, 0.05) is 12.7 Å². The molecule has 0 bridgehead atoms. The fourth-order valence-electron chi connectivity index (χ4n) is 2.35. The summed E-state index contributed by atoms with van der Waals surface area (Å²) in [6, 6.07) is 9.36. The Hall–Kier alpha value is -1.81. The number of rotatable bonds is 14. The van der Waals surface area contributed by atoms with E-state index in [0.717, 1.165) is 12.5 Å². The molecule has 0 aliphatic heterocycles. The van der Waals surface area contributed by atoms with Gasteiger partial charge in [-0.1, -0.05) is 63.6 Å². The maximum Gasteiger partial charge on any atom is 0.328 e.